The van der Waals surface area contributed by atoms with Crippen molar-refractivity contribution in [2.45, 2.75) is 25.9 Å². The van der Waals surface area contributed by atoms with E-state index in [4.69, 9.17) is 4.74 Å². The van der Waals surface area contributed by atoms with Crippen LogP contribution in [0.15, 0.2) is 48.5 Å². The number of nitrogens with one attached hydrogen (secondary N) is 1. The highest BCUT2D eigenvalue weighted by Crippen LogP contribution is 2.31. The van der Waals surface area contributed by atoms with Crippen molar-refractivity contribution in [1.29, 1.82) is 0 Å². The lowest BCUT2D eigenvalue weighted by atomic mass is 9.87. The molecule has 2 aromatic carbocycles. The third kappa shape index (κ3) is 4.35. The summed E-state index contributed by atoms with van der Waals surface area (Å²) < 4.78 is 5.16. The van der Waals surface area contributed by atoms with Crippen molar-refractivity contribution in [3.63, 3.8) is 0 Å². The Balaban J connectivity index is 1.53. The number of aryl methyl sites for hydroxylation is 1. The second-order valence-corrected chi connectivity index (χ2v) is 6.84. The van der Waals surface area contributed by atoms with E-state index < -0.39 is 6.10 Å². The van der Waals surface area contributed by atoms with Crippen LogP contribution in [0, 0.1) is 12.8 Å². The number of likely N-dealkylation sites (tertiary alicyclic amines) is 1. The molecule has 1 unspecified atom stereocenters. The Morgan fingerprint density at radius 3 is 2.50 bits per heavy atom. The van der Waals surface area contributed by atoms with E-state index in [0.717, 1.165) is 35.4 Å². The fraction of sp³-hybridized carbons (Fsp3) is 0.381. The van der Waals surface area contributed by atoms with Gasteiger partial charge in [0.05, 0.1) is 13.2 Å². The number of aliphatic hydroxyl groups is 1. The number of methoxy groups -OCH3 is 1. The number of amides is 2. The molecule has 2 N–H and O–H groups in total. The van der Waals surface area contributed by atoms with E-state index in [1.807, 2.05) is 60.4 Å². The van der Waals surface area contributed by atoms with Gasteiger partial charge in [0.2, 0.25) is 0 Å². The van der Waals surface area contributed by atoms with Gasteiger partial charge >= 0.3 is 6.03 Å². The molecule has 26 heavy (non-hydrogen) atoms. The molecule has 1 aliphatic rings. The topological polar surface area (TPSA) is 61.8 Å². The summed E-state index contributed by atoms with van der Waals surface area (Å²) in [6.45, 7) is 3.30. The minimum absolute atomic E-state index is 0.0759. The predicted octanol–water partition coefficient (Wildman–Crippen LogP) is 3.98. The molecule has 2 aromatic rings. The van der Waals surface area contributed by atoms with Crippen molar-refractivity contribution in [3.8, 4) is 5.75 Å². The van der Waals surface area contributed by atoms with Crippen LogP contribution in [0.3, 0.4) is 0 Å². The van der Waals surface area contributed by atoms with Crippen LogP contribution >= 0.6 is 0 Å². The molecule has 5 heteroatoms. The van der Waals surface area contributed by atoms with Crippen LogP contribution in [0.25, 0.3) is 0 Å². The van der Waals surface area contributed by atoms with Crippen LogP contribution in [0.5, 0.6) is 5.75 Å². The molecule has 0 radical (unpaired) electrons. The van der Waals surface area contributed by atoms with Gasteiger partial charge in [0, 0.05) is 18.8 Å². The number of nitrogens with zero attached hydrogens (tertiary/aromatic N) is 1. The van der Waals surface area contributed by atoms with Gasteiger partial charge in [-0.25, -0.2) is 4.79 Å². The third-order valence-electron chi connectivity index (χ3n) is 5.00. The number of hydrogen-bond acceptors (Lipinski definition) is 3. The Morgan fingerprint density at radius 1 is 1.19 bits per heavy atom. The Morgan fingerprint density at radius 2 is 1.88 bits per heavy atom. The fourth-order valence-electron chi connectivity index (χ4n) is 3.42. The standard InChI is InChI=1S/C21H26N2O3/c1-15-4-3-5-18(14-15)22-21(25)23-12-10-17(11-13-23)20(24)16-6-8-19(26-2)9-7-16/h3-9,14,17,20,24H,10-13H2,1-2H3,(H,22,25). The highest BCUT2D eigenvalue weighted by Gasteiger charge is 2.28. The number of piperidine rings is 1. The average Bonchev–Trinajstić information content (AvgIpc) is 2.67. The quantitative estimate of drug-likeness (QED) is 0.873. The number of benzene rings is 2. The number of rotatable bonds is 4. The summed E-state index contributed by atoms with van der Waals surface area (Å²) in [6.07, 6.45) is 1.06. The lowest BCUT2D eigenvalue weighted by molar-refractivity contribution is 0.0683. The van der Waals surface area contributed by atoms with Gasteiger partial charge in [-0.3, -0.25) is 0 Å². The van der Waals surface area contributed by atoms with E-state index in [2.05, 4.69) is 5.32 Å². The highest BCUT2D eigenvalue weighted by molar-refractivity contribution is 5.89. The molecule has 1 fully saturated rings. The molecule has 0 saturated carbocycles. The van der Waals surface area contributed by atoms with Gasteiger partial charge in [-0.05, 0) is 61.1 Å². The van der Waals surface area contributed by atoms with Crippen molar-refractivity contribution >= 4 is 11.7 Å². The van der Waals surface area contributed by atoms with E-state index in [1.54, 1.807) is 7.11 Å². The number of urea groups is 1. The summed E-state index contributed by atoms with van der Waals surface area (Å²) >= 11 is 0. The molecule has 2 amide bonds. The first kappa shape index (κ1) is 18.3. The van der Waals surface area contributed by atoms with Crippen LogP contribution in [0.2, 0.25) is 0 Å². The van der Waals surface area contributed by atoms with Crippen molar-refractivity contribution in [2.75, 3.05) is 25.5 Å². The molecule has 0 aliphatic carbocycles. The number of aliphatic hydroxyl groups excluding tert-OH is 1. The van der Waals surface area contributed by atoms with Gasteiger partial charge in [0.1, 0.15) is 5.75 Å². The van der Waals surface area contributed by atoms with Gasteiger partial charge in [-0.2, -0.15) is 0 Å². The maximum atomic E-state index is 12.4. The van der Waals surface area contributed by atoms with Crippen molar-refractivity contribution < 1.29 is 14.6 Å². The Bertz CT molecular complexity index is 737. The van der Waals surface area contributed by atoms with Crippen molar-refractivity contribution in [2.24, 2.45) is 5.92 Å². The first-order chi connectivity index (χ1) is 12.6. The van der Waals surface area contributed by atoms with E-state index in [1.165, 1.54) is 0 Å². The highest BCUT2D eigenvalue weighted by atomic mass is 16.5. The zero-order chi connectivity index (χ0) is 18.5. The maximum Gasteiger partial charge on any atom is 0.321 e. The smallest absolute Gasteiger partial charge is 0.321 e. The average molecular weight is 354 g/mol. The SMILES string of the molecule is COc1ccc(C(O)C2CCN(C(=O)Nc3cccc(C)c3)CC2)cc1. The number of hydrogen-bond donors (Lipinski definition) is 2. The van der Waals surface area contributed by atoms with Gasteiger partial charge in [0.15, 0.2) is 0 Å². The molecular weight excluding hydrogens is 328 g/mol. The molecule has 0 spiro atoms. The van der Waals surface area contributed by atoms with Crippen LogP contribution in [-0.4, -0.2) is 36.2 Å². The van der Waals surface area contributed by atoms with E-state index in [-0.39, 0.29) is 11.9 Å². The monoisotopic (exact) mass is 354 g/mol. The molecular formula is C21H26N2O3. The summed E-state index contributed by atoms with van der Waals surface area (Å²) in [4.78, 5) is 14.3. The molecule has 138 valence electrons. The Labute approximate surface area is 154 Å². The van der Waals surface area contributed by atoms with Crippen molar-refractivity contribution in [1.82, 2.24) is 4.90 Å². The van der Waals surface area contributed by atoms with E-state index in [0.29, 0.717) is 13.1 Å². The van der Waals surface area contributed by atoms with Crippen molar-refractivity contribution in [3.05, 3.63) is 59.7 Å². The number of ether oxygens (including phenoxy) is 1. The molecule has 1 heterocycles. The second-order valence-electron chi connectivity index (χ2n) is 6.84. The fourth-order valence-corrected chi connectivity index (χ4v) is 3.42. The molecule has 1 aliphatic heterocycles. The van der Waals surface area contributed by atoms with E-state index in [9.17, 15) is 9.90 Å². The molecule has 5 nitrogen and oxygen atoms in total. The van der Waals surface area contributed by atoms with Crippen LogP contribution in [-0.2, 0) is 0 Å². The summed E-state index contributed by atoms with van der Waals surface area (Å²) in [6, 6.07) is 15.2. The molecule has 3 rings (SSSR count). The minimum Gasteiger partial charge on any atom is -0.497 e. The first-order valence-corrected chi connectivity index (χ1v) is 9.01. The summed E-state index contributed by atoms with van der Waals surface area (Å²) in [5.41, 5.74) is 2.83. The molecule has 1 saturated heterocycles. The van der Waals surface area contributed by atoms with Crippen LogP contribution in [0.1, 0.15) is 30.1 Å². The largest absolute Gasteiger partial charge is 0.497 e. The molecule has 0 bridgehead atoms. The number of anilines is 1. The zero-order valence-corrected chi connectivity index (χ0v) is 15.3. The lowest BCUT2D eigenvalue weighted by Crippen LogP contribution is -2.42. The Hall–Kier alpha value is -2.53. The van der Waals surface area contributed by atoms with E-state index >= 15 is 0 Å². The van der Waals surface area contributed by atoms with Crippen LogP contribution < -0.4 is 10.1 Å². The summed E-state index contributed by atoms with van der Waals surface area (Å²) in [5.74, 6) is 0.940. The number of carbonyl (C=O) groups excluding carboxylic acids is 1. The van der Waals surface area contributed by atoms with Gasteiger partial charge < -0.3 is 20.1 Å². The number of carbonyl (C=O) groups is 1. The minimum atomic E-state index is -0.511. The molecule has 0 aromatic heterocycles. The molecule has 1 atom stereocenters. The predicted molar refractivity (Wildman–Crippen MR) is 102 cm³/mol. The maximum absolute atomic E-state index is 12.4. The van der Waals surface area contributed by atoms with Gasteiger partial charge in [0.25, 0.3) is 0 Å². The summed E-state index contributed by atoms with van der Waals surface area (Å²) in [5, 5.41) is 13.6. The lowest BCUT2D eigenvalue weighted by Gasteiger charge is -2.34. The first-order valence-electron chi connectivity index (χ1n) is 9.01. The third-order valence-corrected chi connectivity index (χ3v) is 5.00. The van der Waals surface area contributed by atoms with Crippen LogP contribution in [0.4, 0.5) is 10.5 Å². The van der Waals surface area contributed by atoms with Gasteiger partial charge in [-0.1, -0.05) is 24.3 Å². The summed E-state index contributed by atoms with van der Waals surface area (Å²) in [7, 11) is 1.63. The normalized spacial score (nSPS) is 16.2. The Kier molecular flexibility index (Phi) is 5.78. The second kappa shape index (κ2) is 8.23. The zero-order valence-electron chi connectivity index (χ0n) is 15.3. The van der Waals surface area contributed by atoms with Gasteiger partial charge in [-0.15, -0.1) is 0 Å².